The lowest BCUT2D eigenvalue weighted by atomic mass is 10.2. The molecule has 0 saturated carbocycles. The second kappa shape index (κ2) is 4.06. The van der Waals surface area contributed by atoms with Crippen molar-refractivity contribution in [2.24, 2.45) is 0 Å². The van der Waals surface area contributed by atoms with Gasteiger partial charge in [0, 0.05) is 17.5 Å². The standard InChI is InChI=1S/C11H9ClO4/c1-14-9-3-6-7(12)4-11(13)16-8(6)5-10(9)15-2/h3-5H,1-2H3. The van der Waals surface area contributed by atoms with Crippen molar-refractivity contribution in [3.63, 3.8) is 0 Å². The van der Waals surface area contributed by atoms with Crippen LogP contribution in [0, 0.1) is 0 Å². The molecule has 2 rings (SSSR count). The Bertz CT molecular complexity index is 588. The predicted octanol–water partition coefficient (Wildman–Crippen LogP) is 2.46. The van der Waals surface area contributed by atoms with E-state index in [0.717, 1.165) is 0 Å². The molecule has 0 spiro atoms. The maximum absolute atomic E-state index is 11.1. The van der Waals surface area contributed by atoms with Crippen molar-refractivity contribution in [1.29, 1.82) is 0 Å². The smallest absolute Gasteiger partial charge is 0.337 e. The van der Waals surface area contributed by atoms with E-state index >= 15 is 0 Å². The van der Waals surface area contributed by atoms with Gasteiger partial charge in [0.25, 0.3) is 0 Å². The van der Waals surface area contributed by atoms with E-state index in [2.05, 4.69) is 0 Å². The highest BCUT2D eigenvalue weighted by Crippen LogP contribution is 2.34. The third kappa shape index (κ3) is 1.72. The summed E-state index contributed by atoms with van der Waals surface area (Å²) in [5.41, 5.74) is -0.125. The van der Waals surface area contributed by atoms with Gasteiger partial charge in [0.15, 0.2) is 11.5 Å². The fourth-order valence-electron chi connectivity index (χ4n) is 1.45. The summed E-state index contributed by atoms with van der Waals surface area (Å²) in [5, 5.41) is 0.936. The van der Waals surface area contributed by atoms with Crippen LogP contribution in [0.25, 0.3) is 11.0 Å². The van der Waals surface area contributed by atoms with Crippen molar-refractivity contribution in [3.8, 4) is 11.5 Å². The molecule has 1 aromatic heterocycles. The Morgan fingerprint density at radius 3 is 2.38 bits per heavy atom. The molecule has 0 atom stereocenters. The van der Waals surface area contributed by atoms with Gasteiger partial charge in [-0.05, 0) is 6.07 Å². The number of benzene rings is 1. The first-order valence-electron chi connectivity index (χ1n) is 4.51. The monoisotopic (exact) mass is 240 g/mol. The van der Waals surface area contributed by atoms with Crippen molar-refractivity contribution in [1.82, 2.24) is 0 Å². The van der Waals surface area contributed by atoms with E-state index in [0.29, 0.717) is 27.5 Å². The van der Waals surface area contributed by atoms with E-state index in [1.165, 1.54) is 20.3 Å². The average molecular weight is 241 g/mol. The molecule has 0 unspecified atom stereocenters. The first-order valence-corrected chi connectivity index (χ1v) is 4.89. The summed E-state index contributed by atoms with van der Waals surface area (Å²) in [6.07, 6.45) is 0. The summed E-state index contributed by atoms with van der Waals surface area (Å²) in [4.78, 5) is 11.1. The van der Waals surface area contributed by atoms with Crippen LogP contribution in [0.2, 0.25) is 5.02 Å². The van der Waals surface area contributed by atoms with Crippen molar-refractivity contribution in [3.05, 3.63) is 33.6 Å². The molecule has 0 saturated heterocycles. The molecule has 2 aromatic rings. The number of rotatable bonds is 2. The second-order valence-corrected chi connectivity index (χ2v) is 3.52. The molecule has 0 radical (unpaired) electrons. The summed E-state index contributed by atoms with van der Waals surface area (Å²) in [7, 11) is 3.03. The number of halogens is 1. The lowest BCUT2D eigenvalue weighted by Gasteiger charge is -2.08. The molecule has 4 nitrogen and oxygen atoms in total. The number of fused-ring (bicyclic) bond motifs is 1. The van der Waals surface area contributed by atoms with E-state index in [4.69, 9.17) is 25.5 Å². The Hall–Kier alpha value is -1.68. The summed E-state index contributed by atoms with van der Waals surface area (Å²) in [6.45, 7) is 0. The molecule has 0 aliphatic carbocycles. The van der Waals surface area contributed by atoms with E-state index in [9.17, 15) is 4.79 Å². The summed E-state index contributed by atoms with van der Waals surface area (Å²) < 4.78 is 15.2. The largest absolute Gasteiger partial charge is 0.493 e. The summed E-state index contributed by atoms with van der Waals surface area (Å²) >= 11 is 5.93. The van der Waals surface area contributed by atoms with Gasteiger partial charge >= 0.3 is 5.63 Å². The van der Waals surface area contributed by atoms with Crippen molar-refractivity contribution in [2.45, 2.75) is 0 Å². The first kappa shape index (κ1) is 10.8. The maximum Gasteiger partial charge on any atom is 0.337 e. The average Bonchev–Trinajstić information content (AvgIpc) is 2.27. The maximum atomic E-state index is 11.1. The third-order valence-electron chi connectivity index (χ3n) is 2.20. The van der Waals surface area contributed by atoms with Crippen LogP contribution in [-0.4, -0.2) is 14.2 Å². The van der Waals surface area contributed by atoms with Crippen LogP contribution in [0.5, 0.6) is 11.5 Å². The van der Waals surface area contributed by atoms with Crippen molar-refractivity contribution < 1.29 is 13.9 Å². The highest BCUT2D eigenvalue weighted by molar-refractivity contribution is 6.35. The second-order valence-electron chi connectivity index (χ2n) is 3.12. The van der Waals surface area contributed by atoms with Gasteiger partial charge in [0.1, 0.15) is 5.58 Å². The minimum Gasteiger partial charge on any atom is -0.493 e. The first-order chi connectivity index (χ1) is 7.65. The van der Waals surface area contributed by atoms with Gasteiger partial charge in [-0.15, -0.1) is 0 Å². The van der Waals surface area contributed by atoms with Crippen molar-refractivity contribution in [2.75, 3.05) is 14.2 Å². The minimum absolute atomic E-state index is 0.326. The van der Waals surface area contributed by atoms with Crippen LogP contribution < -0.4 is 15.1 Å². The fourth-order valence-corrected chi connectivity index (χ4v) is 1.69. The third-order valence-corrected chi connectivity index (χ3v) is 2.51. The quantitative estimate of drug-likeness (QED) is 0.757. The summed E-state index contributed by atoms with van der Waals surface area (Å²) in [5.74, 6) is 1.02. The predicted molar refractivity (Wildman–Crippen MR) is 60.6 cm³/mol. The molecule has 1 heterocycles. The van der Waals surface area contributed by atoms with Gasteiger partial charge in [-0.1, -0.05) is 11.6 Å². The van der Waals surface area contributed by atoms with Crippen molar-refractivity contribution >= 4 is 22.6 Å². The van der Waals surface area contributed by atoms with E-state index in [-0.39, 0.29) is 0 Å². The zero-order valence-electron chi connectivity index (χ0n) is 8.74. The molecule has 0 amide bonds. The van der Waals surface area contributed by atoms with Crippen LogP contribution in [0.1, 0.15) is 0 Å². The lowest BCUT2D eigenvalue weighted by molar-refractivity contribution is 0.355. The minimum atomic E-state index is -0.496. The molecule has 0 fully saturated rings. The SMILES string of the molecule is COc1cc2oc(=O)cc(Cl)c2cc1OC. The molecule has 0 aliphatic heterocycles. The van der Waals surface area contributed by atoms with Gasteiger partial charge in [-0.25, -0.2) is 4.79 Å². The van der Waals surface area contributed by atoms with Gasteiger partial charge < -0.3 is 13.9 Å². The molecule has 84 valence electrons. The van der Waals surface area contributed by atoms with Crippen LogP contribution in [0.3, 0.4) is 0 Å². The highest BCUT2D eigenvalue weighted by Gasteiger charge is 2.10. The van der Waals surface area contributed by atoms with Gasteiger partial charge in [-0.3, -0.25) is 0 Å². The Labute approximate surface area is 96.3 Å². The van der Waals surface area contributed by atoms with Crippen LogP contribution in [-0.2, 0) is 0 Å². The Kier molecular flexibility index (Phi) is 2.75. The molecule has 16 heavy (non-hydrogen) atoms. The molecular formula is C11H9ClO4. The Morgan fingerprint density at radius 1 is 1.12 bits per heavy atom. The number of ether oxygens (including phenoxy) is 2. The topological polar surface area (TPSA) is 48.7 Å². The van der Waals surface area contributed by atoms with E-state index < -0.39 is 5.63 Å². The molecular weight excluding hydrogens is 232 g/mol. The number of methoxy groups -OCH3 is 2. The lowest BCUT2D eigenvalue weighted by Crippen LogP contribution is -1.97. The fraction of sp³-hybridized carbons (Fsp3) is 0.182. The number of hydrogen-bond donors (Lipinski definition) is 0. The number of hydrogen-bond acceptors (Lipinski definition) is 4. The van der Waals surface area contributed by atoms with Gasteiger partial charge in [0.2, 0.25) is 0 Å². The molecule has 0 N–H and O–H groups in total. The van der Waals surface area contributed by atoms with Gasteiger partial charge in [-0.2, -0.15) is 0 Å². The van der Waals surface area contributed by atoms with Crippen LogP contribution in [0.15, 0.2) is 27.4 Å². The van der Waals surface area contributed by atoms with Crippen LogP contribution >= 0.6 is 11.6 Å². The zero-order valence-corrected chi connectivity index (χ0v) is 9.50. The van der Waals surface area contributed by atoms with E-state index in [1.807, 2.05) is 0 Å². The van der Waals surface area contributed by atoms with E-state index in [1.54, 1.807) is 12.1 Å². The normalized spacial score (nSPS) is 10.4. The van der Waals surface area contributed by atoms with Crippen LogP contribution in [0.4, 0.5) is 0 Å². The molecule has 0 bridgehead atoms. The molecule has 0 aliphatic rings. The Morgan fingerprint density at radius 2 is 1.75 bits per heavy atom. The Balaban J connectivity index is 2.83. The highest BCUT2D eigenvalue weighted by atomic mass is 35.5. The van der Waals surface area contributed by atoms with Gasteiger partial charge in [0.05, 0.1) is 19.2 Å². The summed E-state index contributed by atoms with van der Waals surface area (Å²) in [6, 6.07) is 4.46. The molecule has 5 heteroatoms. The molecule has 1 aromatic carbocycles. The zero-order chi connectivity index (χ0) is 11.7.